The molecule has 1 saturated heterocycles. The van der Waals surface area contributed by atoms with Crippen molar-refractivity contribution in [2.75, 3.05) is 11.9 Å². The SMILES string of the molecule is CCCC1(c2ccccc2)NC(=O)N(CC(=O)Nc2ccc(F)c(Cl)c2)C1=O. The van der Waals surface area contributed by atoms with Crippen LogP contribution in [0.1, 0.15) is 25.3 Å². The second-order valence-electron chi connectivity index (χ2n) is 6.52. The van der Waals surface area contributed by atoms with Crippen molar-refractivity contribution in [3.63, 3.8) is 0 Å². The minimum Gasteiger partial charge on any atom is -0.324 e. The number of rotatable bonds is 6. The molecule has 2 aromatic rings. The smallest absolute Gasteiger partial charge is 0.324 e. The van der Waals surface area contributed by atoms with E-state index in [1.54, 1.807) is 24.3 Å². The van der Waals surface area contributed by atoms with E-state index in [0.29, 0.717) is 18.4 Å². The van der Waals surface area contributed by atoms with Crippen LogP contribution in [0.2, 0.25) is 5.02 Å². The number of nitrogens with one attached hydrogen (secondary N) is 2. The summed E-state index contributed by atoms with van der Waals surface area (Å²) in [5.41, 5.74) is -0.248. The Morgan fingerprint density at radius 3 is 2.57 bits per heavy atom. The Hall–Kier alpha value is -2.93. The van der Waals surface area contributed by atoms with Crippen molar-refractivity contribution < 1.29 is 18.8 Å². The van der Waals surface area contributed by atoms with E-state index < -0.39 is 35.7 Å². The number of hydrogen-bond donors (Lipinski definition) is 2. The number of halogens is 2. The lowest BCUT2D eigenvalue weighted by molar-refractivity contribution is -0.134. The van der Waals surface area contributed by atoms with Crippen molar-refractivity contribution in [2.45, 2.75) is 25.3 Å². The molecule has 0 spiro atoms. The van der Waals surface area contributed by atoms with E-state index in [1.165, 1.54) is 12.1 Å². The van der Waals surface area contributed by atoms with Crippen LogP contribution in [-0.4, -0.2) is 29.3 Å². The van der Waals surface area contributed by atoms with Gasteiger partial charge in [0, 0.05) is 5.69 Å². The van der Waals surface area contributed by atoms with Gasteiger partial charge in [-0.3, -0.25) is 14.5 Å². The number of imide groups is 1. The van der Waals surface area contributed by atoms with Gasteiger partial charge in [-0.25, -0.2) is 9.18 Å². The Bertz CT molecular complexity index is 922. The van der Waals surface area contributed by atoms with Gasteiger partial charge in [0.1, 0.15) is 17.9 Å². The number of carbonyl (C=O) groups excluding carboxylic acids is 3. The fraction of sp³-hybridized carbons (Fsp3) is 0.250. The first-order valence-electron chi connectivity index (χ1n) is 8.82. The summed E-state index contributed by atoms with van der Waals surface area (Å²) in [5.74, 6) is -1.68. The third-order valence-corrected chi connectivity index (χ3v) is 4.86. The van der Waals surface area contributed by atoms with Gasteiger partial charge in [-0.2, -0.15) is 0 Å². The molecule has 28 heavy (non-hydrogen) atoms. The third-order valence-electron chi connectivity index (χ3n) is 4.57. The molecule has 0 bridgehead atoms. The second kappa shape index (κ2) is 7.98. The summed E-state index contributed by atoms with van der Waals surface area (Å²) < 4.78 is 13.2. The van der Waals surface area contributed by atoms with Crippen LogP contribution >= 0.6 is 11.6 Å². The molecule has 1 heterocycles. The molecule has 1 fully saturated rings. The Balaban J connectivity index is 1.79. The zero-order valence-electron chi connectivity index (χ0n) is 15.2. The second-order valence-corrected chi connectivity index (χ2v) is 6.93. The van der Waals surface area contributed by atoms with Crippen LogP contribution < -0.4 is 10.6 Å². The Morgan fingerprint density at radius 1 is 1.21 bits per heavy atom. The first-order valence-corrected chi connectivity index (χ1v) is 9.19. The molecular formula is C20H19ClFN3O3. The fourth-order valence-corrected chi connectivity index (χ4v) is 3.48. The fourth-order valence-electron chi connectivity index (χ4n) is 3.29. The zero-order valence-corrected chi connectivity index (χ0v) is 15.9. The molecule has 0 radical (unpaired) electrons. The summed E-state index contributed by atoms with van der Waals surface area (Å²) in [6, 6.07) is 12.0. The normalized spacial score (nSPS) is 18.9. The van der Waals surface area contributed by atoms with Crippen LogP contribution in [-0.2, 0) is 15.1 Å². The van der Waals surface area contributed by atoms with E-state index in [2.05, 4.69) is 10.6 Å². The topological polar surface area (TPSA) is 78.5 Å². The highest BCUT2D eigenvalue weighted by Gasteiger charge is 2.52. The Labute approximate surface area is 166 Å². The van der Waals surface area contributed by atoms with Crippen molar-refractivity contribution in [3.05, 3.63) is 64.9 Å². The molecule has 146 valence electrons. The molecule has 1 aliphatic heterocycles. The average molecular weight is 404 g/mol. The zero-order chi connectivity index (χ0) is 20.3. The molecule has 8 heteroatoms. The Kier molecular flexibility index (Phi) is 5.65. The van der Waals surface area contributed by atoms with Gasteiger partial charge in [0.05, 0.1) is 5.02 Å². The molecular weight excluding hydrogens is 385 g/mol. The highest BCUT2D eigenvalue weighted by molar-refractivity contribution is 6.31. The molecule has 1 unspecified atom stereocenters. The molecule has 1 atom stereocenters. The highest BCUT2D eigenvalue weighted by atomic mass is 35.5. The third kappa shape index (κ3) is 3.71. The first kappa shape index (κ1) is 19.8. The highest BCUT2D eigenvalue weighted by Crippen LogP contribution is 2.33. The molecule has 2 aromatic carbocycles. The van der Waals surface area contributed by atoms with Gasteiger partial charge in [-0.15, -0.1) is 0 Å². The summed E-state index contributed by atoms with van der Waals surface area (Å²) in [4.78, 5) is 38.8. The van der Waals surface area contributed by atoms with Crippen molar-refractivity contribution in [1.29, 1.82) is 0 Å². The molecule has 0 aromatic heterocycles. The van der Waals surface area contributed by atoms with E-state index >= 15 is 0 Å². The average Bonchev–Trinajstić information content (AvgIpc) is 2.91. The van der Waals surface area contributed by atoms with Gasteiger partial charge in [-0.05, 0) is 30.2 Å². The number of carbonyl (C=O) groups is 3. The monoisotopic (exact) mass is 403 g/mol. The van der Waals surface area contributed by atoms with E-state index in [0.717, 1.165) is 11.0 Å². The van der Waals surface area contributed by atoms with Crippen molar-refractivity contribution in [3.8, 4) is 0 Å². The number of amides is 4. The first-order chi connectivity index (χ1) is 13.4. The van der Waals surface area contributed by atoms with Crippen LogP contribution in [0, 0.1) is 5.82 Å². The minimum atomic E-state index is -1.19. The van der Waals surface area contributed by atoms with Gasteiger partial charge in [0.2, 0.25) is 5.91 Å². The molecule has 6 nitrogen and oxygen atoms in total. The maximum absolute atomic E-state index is 13.2. The lowest BCUT2D eigenvalue weighted by Crippen LogP contribution is -2.44. The molecule has 0 saturated carbocycles. The predicted molar refractivity (Wildman–Crippen MR) is 103 cm³/mol. The van der Waals surface area contributed by atoms with Gasteiger partial charge in [-0.1, -0.05) is 55.3 Å². The van der Waals surface area contributed by atoms with Crippen molar-refractivity contribution >= 4 is 35.1 Å². The standard InChI is InChI=1S/C20H19ClFN3O3/c1-2-10-20(13-6-4-3-5-7-13)18(27)25(19(28)24-20)12-17(26)23-14-8-9-16(22)15(21)11-14/h3-9,11H,2,10,12H2,1H3,(H,23,26)(H,24,28). The lowest BCUT2D eigenvalue weighted by Gasteiger charge is -2.26. The van der Waals surface area contributed by atoms with Crippen LogP contribution in [0.3, 0.4) is 0 Å². The number of hydrogen-bond acceptors (Lipinski definition) is 3. The quantitative estimate of drug-likeness (QED) is 0.722. The molecule has 1 aliphatic rings. The molecule has 4 amide bonds. The van der Waals surface area contributed by atoms with Crippen LogP contribution in [0.15, 0.2) is 48.5 Å². The molecule has 0 aliphatic carbocycles. The largest absolute Gasteiger partial charge is 0.325 e. The van der Waals surface area contributed by atoms with Gasteiger partial charge < -0.3 is 10.6 Å². The van der Waals surface area contributed by atoms with Crippen LogP contribution in [0.5, 0.6) is 0 Å². The minimum absolute atomic E-state index is 0.140. The number of benzene rings is 2. The van der Waals surface area contributed by atoms with E-state index in [9.17, 15) is 18.8 Å². The predicted octanol–water partition coefficient (Wildman–Crippen LogP) is 3.67. The number of urea groups is 1. The van der Waals surface area contributed by atoms with Crippen LogP contribution in [0.25, 0.3) is 0 Å². The van der Waals surface area contributed by atoms with Crippen molar-refractivity contribution in [2.24, 2.45) is 0 Å². The summed E-state index contributed by atoms with van der Waals surface area (Å²) in [5, 5.41) is 5.13. The Morgan fingerprint density at radius 2 is 1.93 bits per heavy atom. The molecule has 2 N–H and O–H groups in total. The maximum atomic E-state index is 13.2. The van der Waals surface area contributed by atoms with Gasteiger partial charge >= 0.3 is 6.03 Å². The number of nitrogens with zero attached hydrogens (tertiary/aromatic N) is 1. The van der Waals surface area contributed by atoms with E-state index in [1.807, 2.05) is 13.0 Å². The summed E-state index contributed by atoms with van der Waals surface area (Å²) >= 11 is 5.70. The maximum Gasteiger partial charge on any atom is 0.325 e. The number of anilines is 1. The van der Waals surface area contributed by atoms with Gasteiger partial charge in [0.15, 0.2) is 0 Å². The van der Waals surface area contributed by atoms with Crippen molar-refractivity contribution in [1.82, 2.24) is 10.2 Å². The summed E-state index contributed by atoms with van der Waals surface area (Å²) in [7, 11) is 0. The lowest BCUT2D eigenvalue weighted by atomic mass is 9.85. The van der Waals surface area contributed by atoms with Crippen LogP contribution in [0.4, 0.5) is 14.9 Å². The summed E-state index contributed by atoms with van der Waals surface area (Å²) in [6.07, 6.45) is 1.07. The van der Waals surface area contributed by atoms with E-state index in [4.69, 9.17) is 11.6 Å². The molecule has 3 rings (SSSR count). The van der Waals surface area contributed by atoms with E-state index in [-0.39, 0.29) is 10.7 Å². The summed E-state index contributed by atoms with van der Waals surface area (Å²) in [6.45, 7) is 1.45. The van der Waals surface area contributed by atoms with Gasteiger partial charge in [0.25, 0.3) is 5.91 Å².